The van der Waals surface area contributed by atoms with E-state index in [1.54, 1.807) is 12.1 Å². The van der Waals surface area contributed by atoms with Crippen molar-refractivity contribution in [3.63, 3.8) is 0 Å². The maximum atomic E-state index is 13.3. The zero-order valence-electron chi connectivity index (χ0n) is 33.0. The molecule has 1 aliphatic heterocycles. The monoisotopic (exact) mass is 932 g/mol. The maximum Gasteiger partial charge on any atom is 0.501 e. The molecule has 1 amide bonds. The lowest BCUT2D eigenvalue weighted by atomic mass is 9.98. The van der Waals surface area contributed by atoms with E-state index in [1.807, 2.05) is 0 Å². The van der Waals surface area contributed by atoms with Gasteiger partial charge in [-0.2, -0.15) is 0 Å². The van der Waals surface area contributed by atoms with Crippen LogP contribution in [0.25, 0.3) is 10.4 Å². The Morgan fingerprint density at radius 1 is 0.767 bits per heavy atom. The number of hydrogen-bond donors (Lipinski definition) is 1. The second kappa shape index (κ2) is 25.4. The fourth-order valence-electron chi connectivity index (χ4n) is 5.13. The molecule has 0 radical (unpaired) electrons. The summed E-state index contributed by atoms with van der Waals surface area (Å²) in [6, 6.07) is 9.40. The van der Waals surface area contributed by atoms with Crippen molar-refractivity contribution in [3.05, 3.63) is 64.0 Å². The molecule has 0 aromatic heterocycles. The molecule has 1 aliphatic rings. The van der Waals surface area contributed by atoms with Gasteiger partial charge in [0.1, 0.15) is 18.5 Å². The summed E-state index contributed by atoms with van der Waals surface area (Å²) in [5.74, 6) is -5.24. The van der Waals surface area contributed by atoms with Gasteiger partial charge in [-0.15, -0.1) is 8.42 Å². The fraction of sp³-hybridized carbons (Fsp3) is 0.528. The highest BCUT2D eigenvalue weighted by Gasteiger charge is 2.53. The molecule has 3 rings (SSSR count). The van der Waals surface area contributed by atoms with E-state index in [-0.39, 0.29) is 50.8 Å². The van der Waals surface area contributed by atoms with Gasteiger partial charge in [-0.25, -0.2) is 0 Å². The topological polar surface area (TPSA) is 282 Å². The summed E-state index contributed by atoms with van der Waals surface area (Å²) in [5, 5.41) is 6.47. The number of carbonyl (C=O) groups excluding carboxylic acids is 5. The Labute approximate surface area is 353 Å². The third kappa shape index (κ3) is 17.6. The van der Waals surface area contributed by atoms with Crippen molar-refractivity contribution in [1.29, 1.82) is 0 Å². The SMILES string of the molecule is CC(=O)OC[C@H]1O[C@@H](Oc2ccc(C(=O)NCCOCCOCCOCCN=[N+]=[N-])cc2OS(=O)(=O)Oc2ccc(CBr)cc2)[C@H](OC(C)=O)[C@@H](OC(C)=O)[C@H]1OC(C)=O. The molecule has 60 heavy (non-hydrogen) atoms. The van der Waals surface area contributed by atoms with Crippen LogP contribution >= 0.6 is 15.9 Å². The zero-order valence-corrected chi connectivity index (χ0v) is 35.4. The van der Waals surface area contributed by atoms with Gasteiger partial charge in [0.25, 0.3) is 5.91 Å². The first-order chi connectivity index (χ1) is 28.6. The van der Waals surface area contributed by atoms with Crippen molar-refractivity contribution in [2.75, 3.05) is 59.3 Å². The number of alkyl halides is 1. The van der Waals surface area contributed by atoms with Crippen LogP contribution in [0.4, 0.5) is 0 Å². The van der Waals surface area contributed by atoms with Crippen molar-refractivity contribution < 1.29 is 83.4 Å². The molecule has 2 aromatic rings. The van der Waals surface area contributed by atoms with Crippen LogP contribution in [0.3, 0.4) is 0 Å². The van der Waals surface area contributed by atoms with Crippen LogP contribution in [-0.4, -0.2) is 128 Å². The molecule has 0 bridgehead atoms. The normalized spacial score (nSPS) is 18.5. The number of esters is 4. The lowest BCUT2D eigenvalue weighted by Crippen LogP contribution is -2.63. The van der Waals surface area contributed by atoms with Crippen molar-refractivity contribution in [1.82, 2.24) is 5.32 Å². The van der Waals surface area contributed by atoms with E-state index in [2.05, 4.69) is 31.3 Å². The number of ether oxygens (including phenoxy) is 9. The molecule has 0 spiro atoms. The number of amides is 1. The van der Waals surface area contributed by atoms with Crippen LogP contribution in [-0.2, 0) is 72.8 Å². The minimum atomic E-state index is -4.96. The third-order valence-electron chi connectivity index (χ3n) is 7.54. The molecule has 2 aromatic carbocycles. The quantitative estimate of drug-likeness (QED) is 0.0285. The Morgan fingerprint density at radius 3 is 1.97 bits per heavy atom. The Morgan fingerprint density at radius 2 is 1.37 bits per heavy atom. The highest BCUT2D eigenvalue weighted by Crippen LogP contribution is 2.36. The highest BCUT2D eigenvalue weighted by atomic mass is 79.9. The summed E-state index contributed by atoms with van der Waals surface area (Å²) in [6.07, 6.45) is -7.98. The Balaban J connectivity index is 1.86. The summed E-state index contributed by atoms with van der Waals surface area (Å²) < 4.78 is 86.4. The predicted octanol–water partition coefficient (Wildman–Crippen LogP) is 2.84. The number of benzene rings is 2. The molecule has 330 valence electrons. The molecule has 5 atom stereocenters. The maximum absolute atomic E-state index is 13.3. The second-order valence-corrected chi connectivity index (χ2v) is 14.0. The average Bonchev–Trinajstić information content (AvgIpc) is 3.18. The minimum absolute atomic E-state index is 0.0341. The summed E-state index contributed by atoms with van der Waals surface area (Å²) in [5.41, 5.74) is 8.95. The van der Waals surface area contributed by atoms with E-state index in [0.29, 0.717) is 18.5 Å². The van der Waals surface area contributed by atoms with Crippen LogP contribution < -0.4 is 18.4 Å². The van der Waals surface area contributed by atoms with Crippen molar-refractivity contribution in [3.8, 4) is 17.2 Å². The number of carbonyl (C=O) groups is 5. The number of nitrogens with zero attached hydrogens (tertiary/aromatic N) is 3. The minimum Gasteiger partial charge on any atom is -0.463 e. The van der Waals surface area contributed by atoms with Gasteiger partial charge >= 0.3 is 34.3 Å². The first kappa shape index (κ1) is 49.1. The molecular weight excluding hydrogens is 888 g/mol. The third-order valence-corrected chi connectivity index (χ3v) is 8.97. The zero-order chi connectivity index (χ0) is 44.1. The smallest absolute Gasteiger partial charge is 0.463 e. The summed E-state index contributed by atoms with van der Waals surface area (Å²) in [4.78, 5) is 64.3. The molecular formula is C36H45BrN4O18S. The van der Waals surface area contributed by atoms with Gasteiger partial charge in [0.2, 0.25) is 12.4 Å². The van der Waals surface area contributed by atoms with Gasteiger partial charge in [0.15, 0.2) is 23.7 Å². The van der Waals surface area contributed by atoms with Crippen LogP contribution in [0.1, 0.15) is 43.6 Å². The Bertz CT molecular complexity index is 1910. The van der Waals surface area contributed by atoms with Crippen LogP contribution in [0.2, 0.25) is 0 Å². The van der Waals surface area contributed by atoms with Gasteiger partial charge in [-0.1, -0.05) is 33.2 Å². The Kier molecular flexibility index (Phi) is 20.8. The van der Waals surface area contributed by atoms with Gasteiger partial charge < -0.3 is 56.3 Å². The predicted molar refractivity (Wildman–Crippen MR) is 207 cm³/mol. The van der Waals surface area contributed by atoms with Gasteiger partial charge in [-0.05, 0) is 41.4 Å². The van der Waals surface area contributed by atoms with E-state index in [0.717, 1.165) is 45.4 Å². The summed E-state index contributed by atoms with van der Waals surface area (Å²) >= 11 is 3.30. The molecule has 1 saturated heterocycles. The first-order valence-electron chi connectivity index (χ1n) is 18.0. The van der Waals surface area contributed by atoms with Crippen molar-refractivity contribution >= 4 is 56.1 Å². The van der Waals surface area contributed by atoms with Crippen molar-refractivity contribution in [2.24, 2.45) is 5.11 Å². The molecule has 0 saturated carbocycles. The lowest BCUT2D eigenvalue weighted by molar-refractivity contribution is -0.288. The number of halogens is 1. The number of nitrogens with one attached hydrogen (secondary N) is 1. The van der Waals surface area contributed by atoms with E-state index in [9.17, 15) is 32.4 Å². The van der Waals surface area contributed by atoms with E-state index in [1.165, 1.54) is 18.2 Å². The highest BCUT2D eigenvalue weighted by molar-refractivity contribution is 9.08. The molecule has 0 unspecified atom stereocenters. The largest absolute Gasteiger partial charge is 0.501 e. The number of rotatable bonds is 25. The summed E-state index contributed by atoms with van der Waals surface area (Å²) in [6.45, 7) is 5.29. The summed E-state index contributed by atoms with van der Waals surface area (Å²) in [7, 11) is -4.96. The molecule has 22 nitrogen and oxygen atoms in total. The molecule has 24 heteroatoms. The van der Waals surface area contributed by atoms with E-state index >= 15 is 0 Å². The Hall–Kier alpha value is -5.23. The van der Waals surface area contributed by atoms with Gasteiger partial charge in [0, 0.05) is 56.6 Å². The van der Waals surface area contributed by atoms with Crippen molar-refractivity contribution in [2.45, 2.75) is 63.7 Å². The fourth-order valence-corrected chi connectivity index (χ4v) is 6.24. The van der Waals surface area contributed by atoms with Crippen LogP contribution in [0.5, 0.6) is 17.2 Å². The molecule has 1 heterocycles. The lowest BCUT2D eigenvalue weighted by Gasteiger charge is -2.43. The number of hydrogen-bond acceptors (Lipinski definition) is 19. The van der Waals surface area contributed by atoms with Crippen LogP contribution in [0, 0.1) is 0 Å². The second-order valence-electron chi connectivity index (χ2n) is 12.2. The average molecular weight is 934 g/mol. The number of azide groups is 1. The molecule has 0 aliphatic carbocycles. The van der Waals surface area contributed by atoms with E-state index in [4.69, 9.17) is 56.5 Å². The first-order valence-corrected chi connectivity index (χ1v) is 20.5. The van der Waals surface area contributed by atoms with Crippen LogP contribution in [0.15, 0.2) is 47.6 Å². The molecule has 1 N–H and O–H groups in total. The van der Waals surface area contributed by atoms with Gasteiger partial charge in [0.05, 0.1) is 39.6 Å². The standard InChI is InChI=1S/C36H45BrN4O18S/c1-22(42)52-21-31-32(53-23(2)43)33(54-24(3)44)34(55-25(4)45)36(57-31)56-29-10-7-27(19-30(29)59-60(47,48)58-28-8-5-26(20-37)6-9-28)35(46)39-11-13-49-15-17-51-18-16-50-14-12-40-41-38/h5-10,19,31-34,36H,11-18,20-21H2,1-4H3,(H,39,46)/t31-,32+,33+,34-,36-/m1/s1. The molecule has 1 fully saturated rings. The van der Waals surface area contributed by atoms with Gasteiger partial charge in [-0.3, -0.25) is 24.0 Å². The van der Waals surface area contributed by atoms with E-state index < -0.39 is 89.0 Å².